The van der Waals surface area contributed by atoms with Gasteiger partial charge in [-0.25, -0.2) is 4.98 Å². The second-order valence-corrected chi connectivity index (χ2v) is 14.6. The molecule has 2 aromatic heterocycles. The summed E-state index contributed by atoms with van der Waals surface area (Å²) in [4.78, 5) is 81.0. The molecule has 4 heterocycles. The van der Waals surface area contributed by atoms with E-state index < -0.39 is 5.91 Å². The minimum atomic E-state index is -0.474. The number of benzene rings is 2. The molecule has 0 spiro atoms. The fourth-order valence-electron chi connectivity index (χ4n) is 6.98. The van der Waals surface area contributed by atoms with Gasteiger partial charge in [-0.1, -0.05) is 12.1 Å². The zero-order valence-corrected chi connectivity index (χ0v) is 34.3. The fourth-order valence-corrected chi connectivity index (χ4v) is 6.98. The van der Waals surface area contributed by atoms with Gasteiger partial charge in [0.15, 0.2) is 23.1 Å². The van der Waals surface area contributed by atoms with E-state index in [-0.39, 0.29) is 85.6 Å². The number of nitrogens with one attached hydrogen (secondary N) is 6. The first-order valence-electron chi connectivity index (χ1n) is 20.3. The van der Waals surface area contributed by atoms with Crippen LogP contribution >= 0.6 is 0 Å². The molecule has 6 N–H and O–H groups in total. The van der Waals surface area contributed by atoms with E-state index in [0.29, 0.717) is 84.6 Å². The minimum absolute atomic E-state index is 0.0191. The number of piperidine rings is 1. The van der Waals surface area contributed by atoms with E-state index in [1.165, 1.54) is 25.1 Å². The van der Waals surface area contributed by atoms with Crippen LogP contribution in [-0.4, -0.2) is 132 Å². The third-order valence-corrected chi connectivity index (χ3v) is 10.3. The zero-order chi connectivity index (χ0) is 43.6. The number of hydrogen-bond acceptors (Lipinski definition) is 15. The average molecular weight is 853 g/mol. The van der Waals surface area contributed by atoms with Crippen molar-refractivity contribution in [1.82, 2.24) is 45.8 Å². The lowest BCUT2D eigenvalue weighted by Gasteiger charge is -2.29. The Hall–Kier alpha value is -7.00. The van der Waals surface area contributed by atoms with Gasteiger partial charge < -0.3 is 46.1 Å². The van der Waals surface area contributed by atoms with Crippen LogP contribution in [-0.2, 0) is 30.4 Å². The van der Waals surface area contributed by atoms with E-state index in [4.69, 9.17) is 14.2 Å². The Kier molecular flexibility index (Phi) is 13.9. The first-order valence-corrected chi connectivity index (χ1v) is 20.3. The molecular weight excluding hydrogens is 805 g/mol. The Morgan fingerprint density at radius 3 is 2.40 bits per heavy atom. The molecule has 4 aromatic rings. The van der Waals surface area contributed by atoms with Gasteiger partial charge in [-0.3, -0.25) is 38.3 Å². The predicted molar refractivity (Wildman–Crippen MR) is 223 cm³/mol. The molecule has 3 aliphatic rings. The van der Waals surface area contributed by atoms with Crippen molar-refractivity contribution in [2.24, 2.45) is 5.92 Å². The minimum Gasteiger partial charge on any atom is -0.494 e. The number of hydrogen-bond donors (Lipinski definition) is 6. The van der Waals surface area contributed by atoms with Crippen molar-refractivity contribution in [2.75, 3.05) is 76.2 Å². The molecule has 62 heavy (non-hydrogen) atoms. The van der Waals surface area contributed by atoms with Crippen LogP contribution in [0.4, 0.5) is 22.9 Å². The summed E-state index contributed by atoms with van der Waals surface area (Å²) >= 11 is 0. The fraction of sp³-hybridized carbons (Fsp3) is 0.415. The summed E-state index contributed by atoms with van der Waals surface area (Å²) in [6, 6.07) is 11.6. The van der Waals surface area contributed by atoms with Gasteiger partial charge in [-0.2, -0.15) is 5.10 Å². The Balaban J connectivity index is 0.806. The summed E-state index contributed by atoms with van der Waals surface area (Å²) in [7, 11) is 2.98. The largest absolute Gasteiger partial charge is 0.494 e. The highest BCUT2D eigenvalue weighted by molar-refractivity contribution is 6.24. The van der Waals surface area contributed by atoms with Crippen LogP contribution in [0.2, 0.25) is 0 Å². The number of anilines is 4. The van der Waals surface area contributed by atoms with E-state index >= 15 is 0 Å². The molecule has 1 aliphatic carbocycles. The molecule has 0 bridgehead atoms. The topological polar surface area (TPSA) is 262 Å². The van der Waals surface area contributed by atoms with E-state index in [9.17, 15) is 28.8 Å². The summed E-state index contributed by atoms with van der Waals surface area (Å²) in [5.41, 5.74) is 2.58. The van der Waals surface area contributed by atoms with Crippen LogP contribution in [0.15, 0.2) is 48.8 Å². The summed E-state index contributed by atoms with van der Waals surface area (Å²) in [5, 5.41) is 29.9. The van der Waals surface area contributed by atoms with Crippen molar-refractivity contribution in [3.63, 3.8) is 0 Å². The average Bonchev–Trinajstić information content (AvgIpc) is 3.98. The SMILES string of the molecule is CNC(=O)c1nnc(NC(=O)C2CC2)cc1Nc1cccc(-c2ncn(CCNC(=O)CCOCCOCCNc3cccc4c3C(=O)N(C3CCC(=O)NC3)C4=O)n2)c1OC. The number of methoxy groups -OCH3 is 1. The van der Waals surface area contributed by atoms with Gasteiger partial charge in [0, 0.05) is 57.2 Å². The zero-order valence-electron chi connectivity index (χ0n) is 34.3. The quantitative estimate of drug-likeness (QED) is 0.0515. The van der Waals surface area contributed by atoms with E-state index in [1.807, 2.05) is 0 Å². The van der Waals surface area contributed by atoms with Crippen LogP contribution in [0.25, 0.3) is 11.4 Å². The van der Waals surface area contributed by atoms with Gasteiger partial charge in [-0.05, 0) is 43.5 Å². The number of rotatable bonds is 21. The molecule has 2 fully saturated rings. The second kappa shape index (κ2) is 20.0. The van der Waals surface area contributed by atoms with E-state index in [2.05, 4.69) is 52.2 Å². The monoisotopic (exact) mass is 852 g/mol. The lowest BCUT2D eigenvalue weighted by atomic mass is 10.1. The highest BCUT2D eigenvalue weighted by atomic mass is 16.5. The van der Waals surface area contributed by atoms with Gasteiger partial charge in [0.1, 0.15) is 6.33 Å². The number of amides is 6. The van der Waals surface area contributed by atoms with Gasteiger partial charge in [0.25, 0.3) is 17.7 Å². The Bertz CT molecular complexity index is 2320. The number of para-hydroxylation sites is 1. The van der Waals surface area contributed by atoms with Crippen molar-refractivity contribution in [1.29, 1.82) is 0 Å². The highest BCUT2D eigenvalue weighted by Crippen LogP contribution is 2.38. The maximum absolute atomic E-state index is 13.3. The number of ether oxygens (including phenoxy) is 3. The maximum Gasteiger partial charge on any atom is 0.273 e. The third kappa shape index (κ3) is 10.3. The second-order valence-electron chi connectivity index (χ2n) is 14.6. The number of fused-ring (bicyclic) bond motifs is 1. The first-order chi connectivity index (χ1) is 30.1. The molecule has 1 saturated heterocycles. The molecule has 2 aliphatic heterocycles. The maximum atomic E-state index is 13.3. The van der Waals surface area contributed by atoms with Gasteiger partial charge in [0.2, 0.25) is 17.7 Å². The summed E-state index contributed by atoms with van der Waals surface area (Å²) in [6.07, 6.45) is 4.05. The van der Waals surface area contributed by atoms with Crippen LogP contribution in [0, 0.1) is 5.92 Å². The lowest BCUT2D eigenvalue weighted by molar-refractivity contribution is -0.123. The van der Waals surface area contributed by atoms with Crippen LogP contribution in [0.1, 0.15) is 63.3 Å². The smallest absolute Gasteiger partial charge is 0.273 e. The highest BCUT2D eigenvalue weighted by Gasteiger charge is 2.42. The van der Waals surface area contributed by atoms with Crippen LogP contribution < -0.4 is 36.6 Å². The number of aromatic nitrogens is 5. The van der Waals surface area contributed by atoms with E-state index in [1.54, 1.807) is 47.4 Å². The Morgan fingerprint density at radius 1 is 0.887 bits per heavy atom. The predicted octanol–water partition coefficient (Wildman–Crippen LogP) is 1.72. The van der Waals surface area contributed by atoms with E-state index in [0.717, 1.165) is 12.8 Å². The van der Waals surface area contributed by atoms with Crippen molar-refractivity contribution < 1.29 is 43.0 Å². The Morgan fingerprint density at radius 2 is 1.66 bits per heavy atom. The van der Waals surface area contributed by atoms with Crippen molar-refractivity contribution in [2.45, 2.75) is 44.7 Å². The molecule has 1 saturated carbocycles. The van der Waals surface area contributed by atoms with Crippen LogP contribution in [0.3, 0.4) is 0 Å². The summed E-state index contributed by atoms with van der Waals surface area (Å²) in [6.45, 7) is 2.39. The molecule has 326 valence electrons. The van der Waals surface area contributed by atoms with Crippen molar-refractivity contribution in [3.8, 4) is 17.1 Å². The number of carbonyl (C=O) groups is 6. The molecule has 1 atom stereocenters. The number of nitrogens with zero attached hydrogens (tertiary/aromatic N) is 6. The summed E-state index contributed by atoms with van der Waals surface area (Å²) in [5.74, 6) is -0.701. The number of carbonyl (C=O) groups excluding carboxylic acids is 6. The van der Waals surface area contributed by atoms with Gasteiger partial charge in [0.05, 0.1) is 74.2 Å². The molecule has 21 heteroatoms. The normalized spacial score (nSPS) is 15.7. The molecule has 2 aromatic carbocycles. The lowest BCUT2D eigenvalue weighted by Crippen LogP contribution is -2.50. The first kappa shape index (κ1) is 43.1. The molecule has 1 unspecified atom stereocenters. The molecular formula is C41H48N12O9. The van der Waals surface area contributed by atoms with Gasteiger partial charge >= 0.3 is 0 Å². The molecule has 0 radical (unpaired) electrons. The van der Waals surface area contributed by atoms with Gasteiger partial charge in [-0.15, -0.1) is 10.2 Å². The molecule has 21 nitrogen and oxygen atoms in total. The molecule has 7 rings (SSSR count). The Labute approximate surface area is 356 Å². The molecule has 6 amide bonds. The van der Waals surface area contributed by atoms with Crippen molar-refractivity contribution in [3.05, 3.63) is 65.6 Å². The van der Waals surface area contributed by atoms with Crippen LogP contribution in [0.5, 0.6) is 5.75 Å². The third-order valence-electron chi connectivity index (χ3n) is 10.3. The number of imide groups is 1. The standard InChI is InChI=1S/C41H48N12O9/c1-42-39(57)35-30(21-31(49-50-35)48-38(56)24-9-10-24)47-29-8-4-6-27(36(29)60-2)37-46-23-52(51-37)16-14-44-33(55)13-17-61-19-20-62-18-15-43-28-7-3-5-26-34(28)41(59)53(40(26)58)25-11-12-32(54)45-22-25/h3-8,21,23-25,43H,9-20,22H2,1-2H3,(H,42,57)(H,44,55)(H,45,54)(H2,47,48,49,56). The summed E-state index contributed by atoms with van der Waals surface area (Å²) < 4.78 is 18.6. The van der Waals surface area contributed by atoms with Crippen molar-refractivity contribution >= 4 is 58.3 Å².